The summed E-state index contributed by atoms with van der Waals surface area (Å²) in [6.45, 7) is 4.90. The zero-order valence-electron chi connectivity index (χ0n) is 12.6. The van der Waals surface area contributed by atoms with E-state index in [4.69, 9.17) is 0 Å². The Kier molecular flexibility index (Phi) is 4.49. The van der Waals surface area contributed by atoms with Gasteiger partial charge in [0.2, 0.25) is 0 Å². The Bertz CT molecular complexity index is 405. The first-order chi connectivity index (χ1) is 9.71. The first-order valence-corrected chi connectivity index (χ1v) is 8.96. The van der Waals surface area contributed by atoms with Gasteiger partial charge in [-0.25, -0.2) is 0 Å². The molecule has 1 N–H and O–H groups in total. The molecule has 0 saturated heterocycles. The van der Waals surface area contributed by atoms with E-state index in [1.165, 1.54) is 43.4 Å². The van der Waals surface area contributed by atoms with Gasteiger partial charge in [-0.15, -0.1) is 11.3 Å². The summed E-state index contributed by atoms with van der Waals surface area (Å²) in [7, 11) is 0. The molecule has 0 aromatic carbocycles. The Morgan fingerprint density at radius 2 is 2.05 bits per heavy atom. The zero-order chi connectivity index (χ0) is 14.0. The molecule has 0 amide bonds. The van der Waals surface area contributed by atoms with Crippen LogP contribution in [0.2, 0.25) is 0 Å². The summed E-state index contributed by atoms with van der Waals surface area (Å²) >= 11 is 1.86. The lowest BCUT2D eigenvalue weighted by Crippen LogP contribution is -2.43. The maximum absolute atomic E-state index is 9.98. The average molecular weight is 293 g/mol. The Labute approximate surface area is 126 Å². The number of nitrogens with zero attached hydrogens (tertiary/aromatic N) is 1. The van der Waals surface area contributed by atoms with Gasteiger partial charge in [0.25, 0.3) is 0 Å². The van der Waals surface area contributed by atoms with Gasteiger partial charge in [0.05, 0.1) is 0 Å². The van der Waals surface area contributed by atoms with Crippen LogP contribution in [0.3, 0.4) is 0 Å². The minimum atomic E-state index is 0.173. The maximum atomic E-state index is 9.98. The van der Waals surface area contributed by atoms with Gasteiger partial charge in [-0.1, -0.05) is 25.8 Å². The van der Waals surface area contributed by atoms with Gasteiger partial charge in [-0.3, -0.25) is 4.90 Å². The predicted molar refractivity (Wildman–Crippen MR) is 84.9 cm³/mol. The van der Waals surface area contributed by atoms with E-state index < -0.39 is 0 Å². The summed E-state index contributed by atoms with van der Waals surface area (Å²) in [6.07, 6.45) is 7.69. The van der Waals surface area contributed by atoms with Crippen LogP contribution >= 0.6 is 11.3 Å². The molecule has 1 aromatic heterocycles. The molecule has 0 aliphatic heterocycles. The molecule has 3 heteroatoms. The van der Waals surface area contributed by atoms with Gasteiger partial charge in [0.15, 0.2) is 0 Å². The quantitative estimate of drug-likeness (QED) is 0.860. The van der Waals surface area contributed by atoms with Crippen molar-refractivity contribution in [2.45, 2.75) is 58.0 Å². The number of aliphatic hydroxyl groups excluding tert-OH is 1. The number of hydrogen-bond donors (Lipinski definition) is 1. The molecule has 1 aromatic rings. The van der Waals surface area contributed by atoms with Gasteiger partial charge >= 0.3 is 0 Å². The monoisotopic (exact) mass is 293 g/mol. The van der Waals surface area contributed by atoms with Crippen LogP contribution in [0.15, 0.2) is 17.5 Å². The number of thiophene rings is 1. The Hall–Kier alpha value is -0.380. The third kappa shape index (κ3) is 3.44. The third-order valence-electron chi connectivity index (χ3n) is 5.21. The molecule has 3 rings (SSSR count). The van der Waals surface area contributed by atoms with Crippen LogP contribution in [0, 0.1) is 11.3 Å². The first-order valence-electron chi connectivity index (χ1n) is 8.08. The highest BCUT2D eigenvalue weighted by Gasteiger charge is 2.39. The van der Waals surface area contributed by atoms with Gasteiger partial charge in [0, 0.05) is 36.0 Å². The fraction of sp³-hybridized carbons (Fsp3) is 0.765. The highest BCUT2D eigenvalue weighted by Crippen LogP contribution is 2.41. The van der Waals surface area contributed by atoms with Crippen molar-refractivity contribution in [3.63, 3.8) is 0 Å². The lowest BCUT2D eigenvalue weighted by atomic mass is 9.71. The van der Waals surface area contributed by atoms with Crippen molar-refractivity contribution in [2.24, 2.45) is 11.3 Å². The van der Waals surface area contributed by atoms with Crippen LogP contribution < -0.4 is 0 Å². The number of aliphatic hydroxyl groups is 1. The Morgan fingerprint density at radius 1 is 1.30 bits per heavy atom. The van der Waals surface area contributed by atoms with E-state index in [2.05, 4.69) is 29.3 Å². The van der Waals surface area contributed by atoms with Crippen molar-refractivity contribution in [3.8, 4) is 0 Å². The van der Waals surface area contributed by atoms with Crippen LogP contribution in [0.1, 0.15) is 50.3 Å². The standard InChI is InChI=1S/C17H27NOS/c1-14-6-8-17(13-19,9-7-14)12-18(15-4-5-15)11-16-3-2-10-20-16/h2-3,10,14-15,19H,4-9,11-13H2,1H3. The molecule has 1 heterocycles. The second kappa shape index (κ2) is 6.17. The summed E-state index contributed by atoms with van der Waals surface area (Å²) in [4.78, 5) is 4.12. The molecule has 0 atom stereocenters. The minimum Gasteiger partial charge on any atom is -0.396 e. The van der Waals surface area contributed by atoms with E-state index in [-0.39, 0.29) is 5.41 Å². The van der Waals surface area contributed by atoms with Crippen molar-refractivity contribution in [1.29, 1.82) is 0 Å². The van der Waals surface area contributed by atoms with E-state index in [0.717, 1.165) is 25.0 Å². The number of hydrogen-bond acceptors (Lipinski definition) is 3. The molecule has 2 fully saturated rings. The van der Waals surface area contributed by atoms with E-state index in [1.54, 1.807) is 0 Å². The van der Waals surface area contributed by atoms with Crippen molar-refractivity contribution in [1.82, 2.24) is 4.90 Å². The fourth-order valence-corrected chi connectivity index (χ4v) is 4.26. The van der Waals surface area contributed by atoms with Crippen molar-refractivity contribution >= 4 is 11.3 Å². The average Bonchev–Trinajstić information content (AvgIpc) is 3.19. The zero-order valence-corrected chi connectivity index (χ0v) is 13.4. The highest BCUT2D eigenvalue weighted by molar-refractivity contribution is 7.09. The summed E-state index contributed by atoms with van der Waals surface area (Å²) < 4.78 is 0. The lowest BCUT2D eigenvalue weighted by Gasteiger charge is -2.41. The van der Waals surface area contributed by atoms with Gasteiger partial charge in [-0.05, 0) is 43.0 Å². The van der Waals surface area contributed by atoms with E-state index in [9.17, 15) is 5.11 Å². The third-order valence-corrected chi connectivity index (χ3v) is 6.07. The summed E-state index contributed by atoms with van der Waals surface area (Å²) in [5.74, 6) is 0.848. The molecule has 0 radical (unpaired) electrons. The second-order valence-corrected chi connectivity index (χ2v) is 8.09. The first kappa shape index (κ1) is 14.6. The van der Waals surface area contributed by atoms with Crippen molar-refractivity contribution < 1.29 is 5.11 Å². The van der Waals surface area contributed by atoms with E-state index >= 15 is 0 Å². The van der Waals surface area contributed by atoms with Gasteiger partial charge in [-0.2, -0.15) is 0 Å². The second-order valence-electron chi connectivity index (χ2n) is 7.06. The number of rotatable bonds is 6. The molecule has 2 saturated carbocycles. The molecule has 0 spiro atoms. The Morgan fingerprint density at radius 3 is 2.60 bits per heavy atom. The minimum absolute atomic E-state index is 0.173. The predicted octanol–water partition coefficient (Wildman–Crippen LogP) is 3.90. The van der Waals surface area contributed by atoms with Crippen LogP contribution in [-0.2, 0) is 6.54 Å². The van der Waals surface area contributed by atoms with Crippen molar-refractivity contribution in [3.05, 3.63) is 22.4 Å². The molecule has 0 unspecified atom stereocenters. The van der Waals surface area contributed by atoms with E-state index in [1.807, 2.05) is 11.3 Å². The SMILES string of the molecule is CC1CCC(CO)(CN(Cc2cccs2)C2CC2)CC1. The van der Waals surface area contributed by atoms with Crippen LogP contribution in [0.25, 0.3) is 0 Å². The van der Waals surface area contributed by atoms with E-state index in [0.29, 0.717) is 6.61 Å². The summed E-state index contributed by atoms with van der Waals surface area (Å²) in [6, 6.07) is 5.17. The molecule has 2 aliphatic rings. The summed E-state index contributed by atoms with van der Waals surface area (Å²) in [5, 5.41) is 12.2. The lowest BCUT2D eigenvalue weighted by molar-refractivity contribution is 0.0244. The molecule has 20 heavy (non-hydrogen) atoms. The van der Waals surface area contributed by atoms with Crippen LogP contribution in [-0.4, -0.2) is 29.2 Å². The summed E-state index contributed by atoms with van der Waals surface area (Å²) in [5.41, 5.74) is 0.173. The maximum Gasteiger partial charge on any atom is 0.0499 e. The van der Waals surface area contributed by atoms with Crippen LogP contribution in [0.4, 0.5) is 0 Å². The van der Waals surface area contributed by atoms with Crippen molar-refractivity contribution in [2.75, 3.05) is 13.2 Å². The van der Waals surface area contributed by atoms with Gasteiger partial charge < -0.3 is 5.11 Å². The molecular formula is C17H27NOS. The fourth-order valence-electron chi connectivity index (χ4n) is 3.53. The largest absolute Gasteiger partial charge is 0.396 e. The molecule has 112 valence electrons. The Balaban J connectivity index is 1.65. The van der Waals surface area contributed by atoms with Gasteiger partial charge in [0.1, 0.15) is 0 Å². The highest BCUT2D eigenvalue weighted by atomic mass is 32.1. The normalized spacial score (nSPS) is 30.9. The molecule has 2 aliphatic carbocycles. The molecular weight excluding hydrogens is 266 g/mol. The van der Waals surface area contributed by atoms with Crippen LogP contribution in [0.5, 0.6) is 0 Å². The smallest absolute Gasteiger partial charge is 0.0499 e. The molecule has 2 nitrogen and oxygen atoms in total. The topological polar surface area (TPSA) is 23.5 Å². The molecule has 0 bridgehead atoms.